The Balaban J connectivity index is 1.72. The number of carbonyl (C=O) groups excluding carboxylic acids is 2. The maximum Gasteiger partial charge on any atom is 0.265 e. The highest BCUT2D eigenvalue weighted by molar-refractivity contribution is 7.99. The number of nitrogens with one attached hydrogen (secondary N) is 1. The van der Waals surface area contributed by atoms with Gasteiger partial charge < -0.3 is 10.2 Å². The summed E-state index contributed by atoms with van der Waals surface area (Å²) in [5, 5.41) is 3.63. The first-order chi connectivity index (χ1) is 13.4. The first kappa shape index (κ1) is 18.7. The second-order valence-electron chi connectivity index (χ2n) is 6.77. The number of rotatable bonds is 3. The van der Waals surface area contributed by atoms with E-state index in [1.54, 1.807) is 23.2 Å². The van der Waals surface area contributed by atoms with Crippen LogP contribution in [0, 0.1) is 6.92 Å². The lowest BCUT2D eigenvalue weighted by molar-refractivity contribution is 0.0975. The molecule has 5 nitrogen and oxygen atoms in total. The molecule has 142 valence electrons. The molecular weight excluding hydrogens is 390 g/mol. The summed E-state index contributed by atoms with van der Waals surface area (Å²) >= 11 is 2.91. The van der Waals surface area contributed by atoms with Crippen LogP contribution in [0.4, 0.5) is 11.4 Å². The molecule has 0 radical (unpaired) electrons. The molecular formula is C21H19N3O2S2. The van der Waals surface area contributed by atoms with E-state index in [1.165, 1.54) is 23.1 Å². The third kappa shape index (κ3) is 3.43. The number of carbonyl (C=O) groups is 2. The third-order valence-corrected chi connectivity index (χ3v) is 6.45. The van der Waals surface area contributed by atoms with Gasteiger partial charge in [-0.1, -0.05) is 11.8 Å². The maximum absolute atomic E-state index is 13.1. The lowest BCUT2D eigenvalue weighted by atomic mass is 10.1. The lowest BCUT2D eigenvalue weighted by Crippen LogP contribution is -2.37. The van der Waals surface area contributed by atoms with Crippen LogP contribution in [-0.4, -0.2) is 22.8 Å². The molecule has 0 saturated carbocycles. The fraction of sp³-hybridized carbons (Fsp3) is 0.190. The number of pyridine rings is 1. The van der Waals surface area contributed by atoms with E-state index in [4.69, 9.17) is 0 Å². The van der Waals surface area contributed by atoms with Crippen LogP contribution in [-0.2, 0) is 0 Å². The number of anilines is 2. The van der Waals surface area contributed by atoms with Crippen LogP contribution in [0.2, 0.25) is 0 Å². The van der Waals surface area contributed by atoms with Gasteiger partial charge in [-0.3, -0.25) is 9.59 Å². The Kier molecular flexibility index (Phi) is 4.95. The molecule has 0 aliphatic carbocycles. The van der Waals surface area contributed by atoms with E-state index in [2.05, 4.69) is 10.3 Å². The maximum atomic E-state index is 13.1. The Bertz CT molecular complexity index is 1080. The van der Waals surface area contributed by atoms with Crippen LogP contribution in [0.25, 0.3) is 0 Å². The van der Waals surface area contributed by atoms with Gasteiger partial charge in [0.05, 0.1) is 16.1 Å². The Labute approximate surface area is 171 Å². The van der Waals surface area contributed by atoms with Crippen molar-refractivity contribution in [3.8, 4) is 0 Å². The molecule has 1 aliphatic heterocycles. The van der Waals surface area contributed by atoms with Crippen LogP contribution < -0.4 is 10.2 Å². The normalized spacial score (nSPS) is 13.1. The topological polar surface area (TPSA) is 62.3 Å². The van der Waals surface area contributed by atoms with Gasteiger partial charge in [-0.05, 0) is 63.2 Å². The Morgan fingerprint density at radius 2 is 2.00 bits per heavy atom. The molecule has 1 N–H and O–H groups in total. The van der Waals surface area contributed by atoms with E-state index in [0.29, 0.717) is 21.2 Å². The lowest BCUT2D eigenvalue weighted by Gasteiger charge is -2.27. The zero-order valence-corrected chi connectivity index (χ0v) is 17.4. The largest absolute Gasteiger partial charge is 0.321 e. The average molecular weight is 410 g/mol. The van der Waals surface area contributed by atoms with Gasteiger partial charge in [-0.2, -0.15) is 0 Å². The number of aryl methyl sites for hydroxylation is 1. The first-order valence-electron chi connectivity index (χ1n) is 8.92. The van der Waals surface area contributed by atoms with Gasteiger partial charge in [0.1, 0.15) is 5.03 Å². The van der Waals surface area contributed by atoms with E-state index in [-0.39, 0.29) is 17.9 Å². The molecule has 1 aromatic carbocycles. The minimum atomic E-state index is -0.132. The highest BCUT2D eigenvalue weighted by Crippen LogP contribution is 2.42. The molecule has 0 atom stereocenters. The third-order valence-electron chi connectivity index (χ3n) is 4.38. The number of thiophene rings is 1. The molecule has 2 amide bonds. The number of fused-ring (bicyclic) bond motifs is 2. The summed E-state index contributed by atoms with van der Waals surface area (Å²) < 4.78 is 0. The molecule has 2 aromatic heterocycles. The van der Waals surface area contributed by atoms with Crippen LogP contribution in [0.5, 0.6) is 0 Å². The monoisotopic (exact) mass is 409 g/mol. The van der Waals surface area contributed by atoms with E-state index >= 15 is 0 Å². The van der Waals surface area contributed by atoms with Crippen molar-refractivity contribution in [3.05, 3.63) is 64.0 Å². The van der Waals surface area contributed by atoms with E-state index < -0.39 is 0 Å². The van der Waals surface area contributed by atoms with Gasteiger partial charge in [0.25, 0.3) is 11.8 Å². The molecule has 0 unspecified atom stereocenters. The summed E-state index contributed by atoms with van der Waals surface area (Å²) in [5.41, 5.74) is 2.11. The van der Waals surface area contributed by atoms with Gasteiger partial charge in [0.15, 0.2) is 0 Å². The number of nitrogens with zero attached hydrogens (tertiary/aromatic N) is 2. The second-order valence-corrected chi connectivity index (χ2v) is 9.09. The van der Waals surface area contributed by atoms with Crippen LogP contribution >= 0.6 is 23.1 Å². The molecule has 7 heteroatoms. The minimum Gasteiger partial charge on any atom is -0.321 e. The van der Waals surface area contributed by atoms with Crippen molar-refractivity contribution in [1.82, 2.24) is 4.98 Å². The molecule has 1 aliphatic rings. The fourth-order valence-electron chi connectivity index (χ4n) is 3.11. The number of amides is 2. The number of hydrogen-bond acceptors (Lipinski definition) is 5. The smallest absolute Gasteiger partial charge is 0.265 e. The fourth-order valence-corrected chi connectivity index (χ4v) is 4.92. The number of benzene rings is 1. The van der Waals surface area contributed by atoms with Gasteiger partial charge in [-0.15, -0.1) is 11.3 Å². The molecule has 0 fully saturated rings. The van der Waals surface area contributed by atoms with E-state index in [0.717, 1.165) is 15.5 Å². The SMILES string of the molecule is Cc1ccc(C(=O)Nc2ccc3c(c2)Sc2ncccc2C(=O)N3C(C)C)s1. The highest BCUT2D eigenvalue weighted by atomic mass is 32.2. The van der Waals surface area contributed by atoms with E-state index in [1.807, 2.05) is 51.1 Å². The number of hydrogen-bond donors (Lipinski definition) is 1. The summed E-state index contributed by atoms with van der Waals surface area (Å²) in [6, 6.07) is 13.0. The van der Waals surface area contributed by atoms with Gasteiger partial charge in [0, 0.05) is 27.7 Å². The van der Waals surface area contributed by atoms with Gasteiger partial charge in [-0.25, -0.2) is 4.98 Å². The molecule has 28 heavy (non-hydrogen) atoms. The quantitative estimate of drug-likeness (QED) is 0.644. The molecule has 0 spiro atoms. The van der Waals surface area contributed by atoms with Crippen molar-refractivity contribution < 1.29 is 9.59 Å². The Hall–Kier alpha value is -2.64. The zero-order chi connectivity index (χ0) is 19.8. The first-order valence-corrected chi connectivity index (χ1v) is 10.6. The predicted molar refractivity (Wildman–Crippen MR) is 114 cm³/mol. The van der Waals surface area contributed by atoms with Gasteiger partial charge >= 0.3 is 0 Å². The summed E-state index contributed by atoms with van der Waals surface area (Å²) in [4.78, 5) is 34.4. The van der Waals surface area contributed by atoms with Gasteiger partial charge in [0.2, 0.25) is 0 Å². The molecule has 0 saturated heterocycles. The molecule has 3 aromatic rings. The Morgan fingerprint density at radius 3 is 2.71 bits per heavy atom. The second kappa shape index (κ2) is 7.41. The van der Waals surface area contributed by atoms with Crippen LogP contribution in [0.1, 0.15) is 38.8 Å². The van der Waals surface area contributed by atoms with Crippen molar-refractivity contribution in [2.75, 3.05) is 10.2 Å². The summed E-state index contributed by atoms with van der Waals surface area (Å²) in [5.74, 6) is -0.192. The number of aromatic nitrogens is 1. The van der Waals surface area contributed by atoms with Crippen molar-refractivity contribution in [2.24, 2.45) is 0 Å². The minimum absolute atomic E-state index is 0.00691. The molecule has 3 heterocycles. The van der Waals surface area contributed by atoms with Crippen LogP contribution in [0.15, 0.2) is 58.6 Å². The van der Waals surface area contributed by atoms with Crippen molar-refractivity contribution in [2.45, 2.75) is 36.7 Å². The summed E-state index contributed by atoms with van der Waals surface area (Å²) in [7, 11) is 0. The summed E-state index contributed by atoms with van der Waals surface area (Å²) in [6.07, 6.45) is 1.69. The summed E-state index contributed by atoms with van der Waals surface area (Å²) in [6.45, 7) is 5.95. The van der Waals surface area contributed by atoms with Crippen LogP contribution in [0.3, 0.4) is 0 Å². The van der Waals surface area contributed by atoms with Crippen molar-refractivity contribution >= 4 is 46.3 Å². The standard InChI is InChI=1S/C21H19N3O2S2/c1-12(2)24-16-8-7-14(23-19(25)17-9-6-13(3)27-17)11-18(16)28-20-15(21(24)26)5-4-10-22-20/h4-12H,1-3H3,(H,23,25). The highest BCUT2D eigenvalue weighted by Gasteiger charge is 2.30. The van der Waals surface area contributed by atoms with E-state index in [9.17, 15) is 9.59 Å². The predicted octanol–water partition coefficient (Wildman–Crippen LogP) is 5.22. The zero-order valence-electron chi connectivity index (χ0n) is 15.7. The Morgan fingerprint density at radius 1 is 1.18 bits per heavy atom. The van der Waals surface area contributed by atoms with Crippen molar-refractivity contribution in [1.29, 1.82) is 0 Å². The molecule has 4 rings (SSSR count). The van der Waals surface area contributed by atoms with Crippen molar-refractivity contribution in [3.63, 3.8) is 0 Å². The molecule has 0 bridgehead atoms. The average Bonchev–Trinajstić information content (AvgIpc) is 3.05.